The van der Waals surface area contributed by atoms with Crippen LogP contribution in [0.25, 0.3) is 0 Å². The minimum absolute atomic E-state index is 0.253. The monoisotopic (exact) mass is 262 g/mol. The number of hydrogen-bond acceptors (Lipinski definition) is 3. The van der Waals surface area contributed by atoms with Crippen LogP contribution in [-0.4, -0.2) is 34.7 Å². The highest BCUT2D eigenvalue weighted by molar-refractivity contribution is 5.20. The molecule has 2 heterocycles. The van der Waals surface area contributed by atoms with E-state index in [1.165, 1.54) is 12.8 Å². The highest BCUT2D eigenvalue weighted by Gasteiger charge is 2.61. The molecule has 0 aromatic carbocycles. The Bertz CT molecular complexity index is 391. The molecule has 4 atom stereocenters. The van der Waals surface area contributed by atoms with Gasteiger partial charge in [-0.2, -0.15) is 5.26 Å². The van der Waals surface area contributed by atoms with Gasteiger partial charge >= 0.3 is 0 Å². The highest BCUT2D eigenvalue weighted by atomic mass is 16.3. The molecule has 0 radical (unpaired) electrons. The smallest absolute Gasteiger partial charge is 0.0999 e. The zero-order valence-electron chi connectivity index (χ0n) is 12.1. The maximum atomic E-state index is 11.4. The van der Waals surface area contributed by atoms with Crippen LogP contribution in [0.3, 0.4) is 0 Å². The Morgan fingerprint density at radius 3 is 2.84 bits per heavy atom. The van der Waals surface area contributed by atoms with E-state index in [4.69, 9.17) is 0 Å². The van der Waals surface area contributed by atoms with E-state index < -0.39 is 11.0 Å². The predicted octanol–water partition coefficient (Wildman–Crippen LogP) is 2.70. The summed E-state index contributed by atoms with van der Waals surface area (Å²) in [6.45, 7) is 4.33. The first kappa shape index (κ1) is 13.4. The van der Waals surface area contributed by atoms with E-state index in [0.29, 0.717) is 5.92 Å². The normalized spacial score (nSPS) is 47.0. The Morgan fingerprint density at radius 1 is 1.26 bits per heavy atom. The van der Waals surface area contributed by atoms with Gasteiger partial charge in [0.2, 0.25) is 0 Å². The Balaban J connectivity index is 1.91. The molecule has 0 spiro atoms. The molecule has 19 heavy (non-hydrogen) atoms. The lowest BCUT2D eigenvalue weighted by molar-refractivity contribution is -0.0972. The van der Waals surface area contributed by atoms with Crippen molar-refractivity contribution in [2.24, 2.45) is 11.3 Å². The fourth-order valence-corrected chi connectivity index (χ4v) is 5.00. The molecule has 1 N–H and O–H groups in total. The maximum Gasteiger partial charge on any atom is 0.0999 e. The topological polar surface area (TPSA) is 47.3 Å². The standard InChI is InChI=1S/C16H26N2O/c1-2-13-5-3-7-15(11-13,12-17)16(19)8-10-18-9-4-6-14(16)18/h13-14,19H,2-11H2,1H3. The van der Waals surface area contributed by atoms with Gasteiger partial charge in [-0.3, -0.25) is 4.90 Å². The number of rotatable bonds is 2. The second-order valence-corrected chi connectivity index (χ2v) is 6.93. The largest absolute Gasteiger partial charge is 0.387 e. The average Bonchev–Trinajstić information content (AvgIpc) is 3.04. The Morgan fingerprint density at radius 2 is 2.11 bits per heavy atom. The molecule has 3 heteroatoms. The first-order chi connectivity index (χ1) is 9.15. The molecule has 3 fully saturated rings. The summed E-state index contributed by atoms with van der Waals surface area (Å²) in [5.41, 5.74) is -1.22. The zero-order valence-corrected chi connectivity index (χ0v) is 12.1. The van der Waals surface area contributed by atoms with Gasteiger partial charge < -0.3 is 5.11 Å². The molecule has 2 saturated heterocycles. The fourth-order valence-electron chi connectivity index (χ4n) is 5.00. The van der Waals surface area contributed by atoms with E-state index in [2.05, 4.69) is 17.9 Å². The fraction of sp³-hybridized carbons (Fsp3) is 0.938. The van der Waals surface area contributed by atoms with Crippen molar-refractivity contribution >= 4 is 0 Å². The molecule has 3 aliphatic rings. The van der Waals surface area contributed by atoms with Crippen LogP contribution >= 0.6 is 0 Å². The van der Waals surface area contributed by atoms with Gasteiger partial charge in [0, 0.05) is 12.6 Å². The van der Waals surface area contributed by atoms with Gasteiger partial charge in [-0.05, 0) is 44.6 Å². The third-order valence-electron chi connectivity index (χ3n) is 6.17. The van der Waals surface area contributed by atoms with E-state index in [1.807, 2.05) is 0 Å². The Labute approximate surface area is 116 Å². The minimum atomic E-state index is -0.744. The molecule has 0 amide bonds. The third-order valence-corrected chi connectivity index (χ3v) is 6.17. The Kier molecular flexibility index (Phi) is 3.35. The van der Waals surface area contributed by atoms with Crippen LogP contribution in [0.5, 0.6) is 0 Å². The van der Waals surface area contributed by atoms with Gasteiger partial charge in [0.05, 0.1) is 17.1 Å². The van der Waals surface area contributed by atoms with Crippen LogP contribution in [0.1, 0.15) is 58.3 Å². The van der Waals surface area contributed by atoms with Gasteiger partial charge in [-0.1, -0.05) is 26.2 Å². The molecule has 1 saturated carbocycles. The SMILES string of the molecule is CCC1CCCC(C#N)(C2(O)CCN3CCCC32)C1. The van der Waals surface area contributed by atoms with Crippen molar-refractivity contribution < 1.29 is 5.11 Å². The summed E-state index contributed by atoms with van der Waals surface area (Å²) < 4.78 is 0. The molecule has 2 aliphatic heterocycles. The molecule has 4 unspecified atom stereocenters. The molecular formula is C16H26N2O. The zero-order chi connectivity index (χ0) is 13.5. The number of hydrogen-bond donors (Lipinski definition) is 1. The summed E-state index contributed by atoms with van der Waals surface area (Å²) in [5.74, 6) is 0.632. The van der Waals surface area contributed by atoms with E-state index in [1.54, 1.807) is 0 Å². The summed E-state index contributed by atoms with van der Waals surface area (Å²) >= 11 is 0. The molecule has 3 rings (SSSR count). The molecule has 0 aromatic heterocycles. The quantitative estimate of drug-likeness (QED) is 0.832. The van der Waals surface area contributed by atoms with Crippen molar-refractivity contribution in [2.75, 3.05) is 13.1 Å². The lowest BCUT2D eigenvalue weighted by Gasteiger charge is -2.48. The molecule has 0 bridgehead atoms. The summed E-state index contributed by atoms with van der Waals surface area (Å²) in [6, 6.07) is 2.85. The van der Waals surface area contributed by atoms with E-state index in [9.17, 15) is 10.4 Å². The average molecular weight is 262 g/mol. The van der Waals surface area contributed by atoms with E-state index in [-0.39, 0.29) is 6.04 Å². The van der Waals surface area contributed by atoms with Gasteiger partial charge in [0.15, 0.2) is 0 Å². The van der Waals surface area contributed by atoms with E-state index in [0.717, 1.165) is 51.6 Å². The number of nitriles is 1. The van der Waals surface area contributed by atoms with Crippen LogP contribution in [0.2, 0.25) is 0 Å². The second-order valence-electron chi connectivity index (χ2n) is 6.93. The highest BCUT2D eigenvalue weighted by Crippen LogP contribution is 2.54. The number of aliphatic hydroxyl groups is 1. The van der Waals surface area contributed by atoms with Gasteiger partial charge in [0.25, 0.3) is 0 Å². The molecule has 106 valence electrons. The van der Waals surface area contributed by atoms with Crippen molar-refractivity contribution in [3.8, 4) is 6.07 Å². The van der Waals surface area contributed by atoms with Crippen LogP contribution in [0, 0.1) is 22.7 Å². The van der Waals surface area contributed by atoms with Gasteiger partial charge in [-0.25, -0.2) is 0 Å². The van der Waals surface area contributed by atoms with Crippen LogP contribution < -0.4 is 0 Å². The lowest BCUT2D eigenvalue weighted by atomic mass is 9.58. The van der Waals surface area contributed by atoms with Crippen molar-refractivity contribution in [2.45, 2.75) is 69.9 Å². The van der Waals surface area contributed by atoms with Crippen molar-refractivity contribution in [1.29, 1.82) is 5.26 Å². The van der Waals surface area contributed by atoms with Gasteiger partial charge in [-0.15, -0.1) is 0 Å². The first-order valence-corrected chi connectivity index (χ1v) is 8.03. The molecule has 0 aromatic rings. The van der Waals surface area contributed by atoms with E-state index >= 15 is 0 Å². The number of nitrogens with zero attached hydrogens (tertiary/aromatic N) is 2. The maximum absolute atomic E-state index is 11.4. The van der Waals surface area contributed by atoms with Crippen LogP contribution in [-0.2, 0) is 0 Å². The van der Waals surface area contributed by atoms with Crippen molar-refractivity contribution in [1.82, 2.24) is 4.90 Å². The third kappa shape index (κ3) is 1.84. The predicted molar refractivity (Wildman–Crippen MR) is 74.5 cm³/mol. The van der Waals surface area contributed by atoms with Crippen LogP contribution in [0.15, 0.2) is 0 Å². The molecule has 3 nitrogen and oxygen atoms in total. The van der Waals surface area contributed by atoms with Crippen LogP contribution in [0.4, 0.5) is 0 Å². The molecule has 1 aliphatic carbocycles. The summed E-state index contributed by atoms with van der Waals surface area (Å²) in [6.07, 6.45) is 8.39. The van der Waals surface area contributed by atoms with Crippen molar-refractivity contribution in [3.63, 3.8) is 0 Å². The minimum Gasteiger partial charge on any atom is -0.387 e. The summed E-state index contributed by atoms with van der Waals surface area (Å²) in [7, 11) is 0. The number of fused-ring (bicyclic) bond motifs is 1. The summed E-state index contributed by atoms with van der Waals surface area (Å²) in [4.78, 5) is 2.43. The lowest BCUT2D eigenvalue weighted by Crippen LogP contribution is -2.56. The summed E-state index contributed by atoms with van der Waals surface area (Å²) in [5, 5.41) is 21.3. The first-order valence-electron chi connectivity index (χ1n) is 8.03. The van der Waals surface area contributed by atoms with Crippen molar-refractivity contribution in [3.05, 3.63) is 0 Å². The molecular weight excluding hydrogens is 236 g/mol. The van der Waals surface area contributed by atoms with Gasteiger partial charge in [0.1, 0.15) is 0 Å². The second kappa shape index (κ2) is 4.75. The Hall–Kier alpha value is -0.590.